The third-order valence-corrected chi connectivity index (χ3v) is 2.06. The first-order chi connectivity index (χ1) is 5.34. The number of hydrogen-bond acceptors (Lipinski definition) is 2. The van der Waals surface area contributed by atoms with E-state index in [2.05, 4.69) is 6.42 Å². The summed E-state index contributed by atoms with van der Waals surface area (Å²) >= 11 is 0. The number of rotatable bonds is 2. The van der Waals surface area contributed by atoms with Crippen molar-refractivity contribution >= 4 is 29.9 Å². The molecule has 2 nitrogen and oxygen atoms in total. The molecule has 1 saturated carbocycles. The normalized spacial score (nSPS) is 16.7. The predicted molar refractivity (Wildman–Crippen MR) is 58.3 cm³/mol. The van der Waals surface area contributed by atoms with E-state index in [0.717, 1.165) is 25.7 Å². The fourth-order valence-corrected chi connectivity index (χ4v) is 1.42. The maximum Gasteiger partial charge on any atom is 0.308 e. The van der Waals surface area contributed by atoms with Crippen molar-refractivity contribution in [1.29, 1.82) is 0 Å². The molecule has 0 aromatic heterocycles. The molecule has 0 atom stereocenters. The first-order valence-corrected chi connectivity index (χ1v) is 4.33. The molecule has 1 rings (SSSR count). The molecule has 0 heterocycles. The zero-order valence-electron chi connectivity index (χ0n) is 8.12. The van der Waals surface area contributed by atoms with E-state index in [0.29, 0.717) is 6.61 Å². The quantitative estimate of drug-likeness (QED) is 0.332. The van der Waals surface area contributed by atoms with E-state index < -0.39 is 0 Å². The summed E-state index contributed by atoms with van der Waals surface area (Å²) < 4.78 is 4.93. The zero-order valence-corrected chi connectivity index (χ0v) is 13.4. The maximum absolute atomic E-state index is 11.2. The molecular formula is C9H16IO2Zn-. The van der Waals surface area contributed by atoms with Crippen LogP contribution in [0.15, 0.2) is 0 Å². The summed E-state index contributed by atoms with van der Waals surface area (Å²) in [5, 5.41) is 0. The molecule has 13 heavy (non-hydrogen) atoms. The molecule has 0 bridgehead atoms. The molecule has 0 unspecified atom stereocenters. The number of hydrogen-bond donors (Lipinski definition) is 0. The summed E-state index contributed by atoms with van der Waals surface area (Å²) in [6.07, 6.45) is 6.36. The van der Waals surface area contributed by atoms with Crippen LogP contribution in [0.4, 0.5) is 0 Å². The summed E-state index contributed by atoms with van der Waals surface area (Å²) in [6.45, 7) is 2.37. The second-order valence-corrected chi connectivity index (χ2v) is 2.89. The Morgan fingerprint density at radius 3 is 2.46 bits per heavy atom. The average molecular weight is 349 g/mol. The molecule has 0 aromatic carbocycles. The van der Waals surface area contributed by atoms with Crippen LogP contribution in [0.25, 0.3) is 0 Å². The summed E-state index contributed by atoms with van der Waals surface area (Å²) in [5.74, 6) is 0.181. The first kappa shape index (κ1) is 16.3. The van der Waals surface area contributed by atoms with Crippen LogP contribution in [0.3, 0.4) is 0 Å². The van der Waals surface area contributed by atoms with Crippen LogP contribution in [0.2, 0.25) is 0 Å². The zero-order chi connectivity index (χ0) is 8.10. The molecule has 0 saturated heterocycles. The van der Waals surface area contributed by atoms with Gasteiger partial charge in [0.15, 0.2) is 0 Å². The Kier molecular flexibility index (Phi) is 11.7. The monoisotopic (exact) mass is 347 g/mol. The van der Waals surface area contributed by atoms with Gasteiger partial charge in [-0.2, -0.15) is 12.8 Å². The molecule has 0 spiro atoms. The fraction of sp³-hybridized carbons (Fsp3) is 0.778. The van der Waals surface area contributed by atoms with E-state index in [1.807, 2.05) is 6.92 Å². The minimum atomic E-state index is 0. The average Bonchev–Trinajstić information content (AvgIpc) is 2.07. The number of esters is 1. The van der Waals surface area contributed by atoms with Crippen LogP contribution >= 0.6 is 24.0 Å². The van der Waals surface area contributed by atoms with Crippen molar-refractivity contribution in [2.24, 2.45) is 5.92 Å². The molecule has 0 N–H and O–H groups in total. The Labute approximate surface area is 110 Å². The van der Waals surface area contributed by atoms with E-state index in [4.69, 9.17) is 4.74 Å². The largest absolute Gasteiger partial charge is 0.466 e. The number of ether oxygens (including phenoxy) is 1. The maximum atomic E-state index is 11.2. The van der Waals surface area contributed by atoms with Crippen LogP contribution in [0, 0.1) is 12.3 Å². The molecule has 74 valence electrons. The predicted octanol–water partition coefficient (Wildman–Crippen LogP) is 2.56. The fourth-order valence-electron chi connectivity index (χ4n) is 1.42. The molecule has 0 aliphatic heterocycles. The molecule has 0 aromatic rings. The van der Waals surface area contributed by atoms with E-state index in [-0.39, 0.29) is 55.3 Å². The topological polar surface area (TPSA) is 26.3 Å². The third-order valence-electron chi connectivity index (χ3n) is 2.06. The van der Waals surface area contributed by atoms with Crippen LogP contribution in [0.5, 0.6) is 0 Å². The third kappa shape index (κ3) is 6.00. The second kappa shape index (κ2) is 9.38. The van der Waals surface area contributed by atoms with Crippen molar-refractivity contribution in [1.82, 2.24) is 0 Å². The molecule has 1 fully saturated rings. The molecular weight excluding hydrogens is 332 g/mol. The van der Waals surface area contributed by atoms with Crippen LogP contribution in [0.1, 0.15) is 32.6 Å². The van der Waals surface area contributed by atoms with Crippen molar-refractivity contribution in [3.05, 3.63) is 6.42 Å². The Balaban J connectivity index is 0. The van der Waals surface area contributed by atoms with Crippen LogP contribution in [-0.4, -0.2) is 12.6 Å². The van der Waals surface area contributed by atoms with Crippen LogP contribution in [-0.2, 0) is 29.0 Å². The number of halogens is 1. The Hall–Kier alpha value is 0.823. The van der Waals surface area contributed by atoms with Gasteiger partial charge in [-0.05, 0) is 6.92 Å². The second-order valence-electron chi connectivity index (χ2n) is 2.89. The van der Waals surface area contributed by atoms with Gasteiger partial charge in [0.1, 0.15) is 0 Å². The molecule has 0 amide bonds. The Morgan fingerprint density at radius 2 is 2.00 bits per heavy atom. The SMILES string of the molecule is CCOC(=O)C1CC[CH-]CC1.I.[Zn]. The standard InChI is InChI=1S/C9H15O2.HI.Zn/c1-2-11-9(10)8-6-4-3-5-7-8;;/h3,8H,2,4-7H2,1H3;1H;/q-1;;. The minimum absolute atomic E-state index is 0. The Morgan fingerprint density at radius 1 is 1.46 bits per heavy atom. The van der Waals surface area contributed by atoms with E-state index >= 15 is 0 Å². The van der Waals surface area contributed by atoms with E-state index in [1.165, 1.54) is 0 Å². The van der Waals surface area contributed by atoms with Gasteiger partial charge in [0.25, 0.3) is 0 Å². The van der Waals surface area contributed by atoms with Gasteiger partial charge in [-0.15, -0.1) is 24.0 Å². The van der Waals surface area contributed by atoms with Crippen LogP contribution < -0.4 is 0 Å². The van der Waals surface area contributed by atoms with Gasteiger partial charge < -0.3 is 11.2 Å². The summed E-state index contributed by atoms with van der Waals surface area (Å²) in [4.78, 5) is 11.2. The first-order valence-electron chi connectivity index (χ1n) is 4.33. The van der Waals surface area contributed by atoms with Gasteiger partial charge in [-0.25, -0.2) is 0 Å². The van der Waals surface area contributed by atoms with Crippen molar-refractivity contribution in [2.45, 2.75) is 32.6 Å². The molecule has 0 radical (unpaired) electrons. The van der Waals surface area contributed by atoms with Gasteiger partial charge in [0, 0.05) is 19.5 Å². The minimum Gasteiger partial charge on any atom is -0.466 e. The van der Waals surface area contributed by atoms with Crippen molar-refractivity contribution < 1.29 is 29.0 Å². The van der Waals surface area contributed by atoms with Crippen molar-refractivity contribution in [3.63, 3.8) is 0 Å². The molecule has 1 aliphatic carbocycles. The van der Waals surface area contributed by atoms with Gasteiger partial charge in [0.2, 0.25) is 0 Å². The molecule has 4 heteroatoms. The van der Waals surface area contributed by atoms with Gasteiger partial charge in [-0.3, -0.25) is 4.79 Å². The summed E-state index contributed by atoms with van der Waals surface area (Å²) in [5.41, 5.74) is 0. The van der Waals surface area contributed by atoms with Gasteiger partial charge in [-0.1, -0.05) is 12.8 Å². The van der Waals surface area contributed by atoms with E-state index in [9.17, 15) is 4.79 Å². The number of carbonyl (C=O) groups excluding carboxylic acids is 1. The van der Waals surface area contributed by atoms with Crippen molar-refractivity contribution in [3.8, 4) is 0 Å². The molecule has 1 aliphatic rings. The van der Waals surface area contributed by atoms with Gasteiger partial charge in [0.05, 0.1) is 12.5 Å². The van der Waals surface area contributed by atoms with E-state index in [1.54, 1.807) is 0 Å². The number of carbonyl (C=O) groups is 1. The summed E-state index contributed by atoms with van der Waals surface area (Å²) in [6, 6.07) is 0. The Bertz CT molecular complexity index is 136. The van der Waals surface area contributed by atoms with Crippen molar-refractivity contribution in [2.75, 3.05) is 6.61 Å². The smallest absolute Gasteiger partial charge is 0.308 e. The summed E-state index contributed by atoms with van der Waals surface area (Å²) in [7, 11) is 0. The van der Waals surface area contributed by atoms with Gasteiger partial charge >= 0.3 is 5.97 Å².